The number of halogens is 3. The summed E-state index contributed by atoms with van der Waals surface area (Å²) in [5.41, 5.74) is 1.96. The number of nitrogens with zero attached hydrogens (tertiary/aromatic N) is 1. The van der Waals surface area contributed by atoms with Crippen LogP contribution in [0.2, 0.25) is 0 Å². The molecule has 0 radical (unpaired) electrons. The van der Waals surface area contributed by atoms with Crippen LogP contribution >= 0.6 is 39.9 Å². The molecule has 2 aromatic rings. The Kier molecular flexibility index (Phi) is 9.20. The molecular weight excluding hydrogens is 500 g/mol. The lowest BCUT2D eigenvalue weighted by Crippen LogP contribution is -2.38. The van der Waals surface area contributed by atoms with Gasteiger partial charge in [0.1, 0.15) is 0 Å². The zero-order valence-electron chi connectivity index (χ0n) is 14.3. The predicted octanol–water partition coefficient (Wildman–Crippen LogP) is 4.64. The lowest BCUT2D eigenvalue weighted by Gasteiger charge is -2.19. The first-order valence-corrected chi connectivity index (χ1v) is 8.38. The van der Waals surface area contributed by atoms with Gasteiger partial charge in [-0.3, -0.25) is 4.99 Å². The summed E-state index contributed by atoms with van der Waals surface area (Å²) >= 11 is 3.42. The number of aliphatic imine (C=N–C) groups is 1. The highest BCUT2D eigenvalue weighted by Gasteiger charge is 2.11. The van der Waals surface area contributed by atoms with Crippen LogP contribution in [0.1, 0.15) is 24.1 Å². The molecule has 4 nitrogen and oxygen atoms in total. The van der Waals surface area contributed by atoms with Gasteiger partial charge in [0.15, 0.2) is 17.5 Å². The van der Waals surface area contributed by atoms with Crippen molar-refractivity contribution in [3.63, 3.8) is 0 Å². The molecule has 0 aliphatic carbocycles. The zero-order chi connectivity index (χ0) is 17.5. The molecule has 2 aromatic carbocycles. The quantitative estimate of drug-likeness (QED) is 0.342. The lowest BCUT2D eigenvalue weighted by molar-refractivity contribution is 0.386. The maximum atomic E-state index is 13.8. The molecule has 0 heterocycles. The molecule has 2 N–H and O–H groups in total. The first kappa shape index (κ1) is 21.7. The summed E-state index contributed by atoms with van der Waals surface area (Å²) in [6.07, 6.45) is 0. The van der Waals surface area contributed by atoms with Gasteiger partial charge in [-0.2, -0.15) is 0 Å². The minimum absolute atomic E-state index is 0. The van der Waals surface area contributed by atoms with E-state index in [-0.39, 0.29) is 41.6 Å². The Morgan fingerprint density at radius 3 is 2.48 bits per heavy atom. The minimum atomic E-state index is -0.374. The molecule has 0 amide bonds. The number of hydrogen-bond acceptors (Lipinski definition) is 2. The Bertz CT molecular complexity index is 710. The molecule has 0 bridgehead atoms. The van der Waals surface area contributed by atoms with Crippen molar-refractivity contribution in [2.75, 3.05) is 14.2 Å². The van der Waals surface area contributed by atoms with Crippen molar-refractivity contribution in [3.8, 4) is 5.75 Å². The first-order valence-electron chi connectivity index (χ1n) is 7.58. The summed E-state index contributed by atoms with van der Waals surface area (Å²) in [7, 11) is 3.16. The number of rotatable bonds is 5. The summed E-state index contributed by atoms with van der Waals surface area (Å²) in [4.78, 5) is 4.21. The molecule has 0 aliphatic heterocycles. The van der Waals surface area contributed by atoms with E-state index in [2.05, 4.69) is 31.6 Å². The van der Waals surface area contributed by atoms with Gasteiger partial charge < -0.3 is 15.4 Å². The number of methoxy groups -OCH3 is 1. The van der Waals surface area contributed by atoms with E-state index in [4.69, 9.17) is 4.74 Å². The molecule has 0 spiro atoms. The minimum Gasteiger partial charge on any atom is -0.494 e. The Hall–Kier alpha value is -1.35. The molecule has 1 atom stereocenters. The van der Waals surface area contributed by atoms with Crippen LogP contribution in [0, 0.1) is 5.82 Å². The highest BCUT2D eigenvalue weighted by atomic mass is 127. The molecular formula is C18H22BrFIN3O. The standard InChI is InChI=1S/C18H21BrFN3O.HI/c1-12(14-6-9-17(24-3)16(20)10-14)23-18(21-2)22-11-13-4-7-15(19)8-5-13;/h4-10,12H,11H2,1-3H3,(H2,21,22,23);1H. The van der Waals surface area contributed by atoms with Crippen LogP contribution in [0.5, 0.6) is 5.75 Å². The lowest BCUT2D eigenvalue weighted by atomic mass is 10.1. The van der Waals surface area contributed by atoms with Crippen molar-refractivity contribution in [3.05, 3.63) is 63.9 Å². The van der Waals surface area contributed by atoms with Gasteiger partial charge in [-0.1, -0.05) is 34.1 Å². The highest BCUT2D eigenvalue weighted by Crippen LogP contribution is 2.21. The van der Waals surface area contributed by atoms with Crippen LogP contribution in [-0.4, -0.2) is 20.1 Å². The Labute approximate surface area is 173 Å². The van der Waals surface area contributed by atoms with Crippen molar-refractivity contribution in [2.45, 2.75) is 19.5 Å². The Balaban J connectivity index is 0.00000312. The van der Waals surface area contributed by atoms with E-state index in [9.17, 15) is 4.39 Å². The highest BCUT2D eigenvalue weighted by molar-refractivity contribution is 14.0. The molecule has 0 aromatic heterocycles. The second kappa shape index (κ2) is 10.6. The van der Waals surface area contributed by atoms with Crippen LogP contribution in [0.4, 0.5) is 4.39 Å². The van der Waals surface area contributed by atoms with Crippen molar-refractivity contribution < 1.29 is 9.13 Å². The monoisotopic (exact) mass is 521 g/mol. The second-order valence-corrected chi connectivity index (χ2v) is 6.23. The fraction of sp³-hybridized carbons (Fsp3) is 0.278. The molecule has 0 saturated carbocycles. The van der Waals surface area contributed by atoms with Crippen LogP contribution in [0.3, 0.4) is 0 Å². The van der Waals surface area contributed by atoms with Crippen LogP contribution < -0.4 is 15.4 Å². The molecule has 2 rings (SSSR count). The van der Waals surface area contributed by atoms with Gasteiger partial charge >= 0.3 is 0 Å². The maximum Gasteiger partial charge on any atom is 0.191 e. The molecule has 1 unspecified atom stereocenters. The number of benzene rings is 2. The molecule has 7 heteroatoms. The van der Waals surface area contributed by atoms with E-state index >= 15 is 0 Å². The van der Waals surface area contributed by atoms with Crippen molar-refractivity contribution >= 4 is 45.9 Å². The number of nitrogens with one attached hydrogen (secondary N) is 2. The average molecular weight is 522 g/mol. The van der Waals surface area contributed by atoms with E-state index in [1.807, 2.05) is 37.3 Å². The smallest absolute Gasteiger partial charge is 0.191 e. The van der Waals surface area contributed by atoms with Crippen LogP contribution in [0.15, 0.2) is 51.9 Å². The van der Waals surface area contributed by atoms with E-state index in [0.29, 0.717) is 12.5 Å². The van der Waals surface area contributed by atoms with Gasteiger partial charge in [-0.15, -0.1) is 24.0 Å². The first-order chi connectivity index (χ1) is 11.5. The zero-order valence-corrected chi connectivity index (χ0v) is 18.3. The fourth-order valence-corrected chi connectivity index (χ4v) is 2.49. The van der Waals surface area contributed by atoms with Crippen molar-refractivity contribution in [2.24, 2.45) is 4.99 Å². The summed E-state index contributed by atoms with van der Waals surface area (Å²) < 4.78 is 19.8. The van der Waals surface area contributed by atoms with E-state index in [1.54, 1.807) is 13.1 Å². The van der Waals surface area contributed by atoms with Crippen molar-refractivity contribution in [1.29, 1.82) is 0 Å². The SMILES string of the molecule is CN=C(NCc1ccc(Br)cc1)NC(C)c1ccc(OC)c(F)c1.I. The number of guanidine groups is 1. The topological polar surface area (TPSA) is 45.7 Å². The fourth-order valence-electron chi connectivity index (χ4n) is 2.22. The molecule has 0 saturated heterocycles. The number of ether oxygens (including phenoxy) is 1. The van der Waals surface area contributed by atoms with Crippen molar-refractivity contribution in [1.82, 2.24) is 10.6 Å². The van der Waals surface area contributed by atoms with E-state index in [1.165, 1.54) is 13.2 Å². The largest absolute Gasteiger partial charge is 0.494 e. The second-order valence-electron chi connectivity index (χ2n) is 5.31. The molecule has 25 heavy (non-hydrogen) atoms. The molecule has 0 fully saturated rings. The molecule has 0 aliphatic rings. The Morgan fingerprint density at radius 2 is 1.92 bits per heavy atom. The van der Waals surface area contributed by atoms with Gasteiger partial charge in [0, 0.05) is 18.1 Å². The third-order valence-electron chi connectivity index (χ3n) is 3.63. The van der Waals surface area contributed by atoms with Gasteiger partial charge in [-0.25, -0.2) is 4.39 Å². The predicted molar refractivity (Wildman–Crippen MR) is 114 cm³/mol. The third-order valence-corrected chi connectivity index (χ3v) is 4.15. The maximum absolute atomic E-state index is 13.8. The van der Waals surface area contributed by atoms with Gasteiger partial charge in [0.2, 0.25) is 0 Å². The third kappa shape index (κ3) is 6.47. The van der Waals surface area contributed by atoms with E-state index < -0.39 is 0 Å². The summed E-state index contributed by atoms with van der Waals surface area (Å²) in [5.74, 6) is 0.520. The normalized spacial score (nSPS) is 12.1. The Morgan fingerprint density at radius 1 is 1.24 bits per heavy atom. The van der Waals surface area contributed by atoms with Gasteiger partial charge in [-0.05, 0) is 42.3 Å². The van der Waals surface area contributed by atoms with Gasteiger partial charge in [0.25, 0.3) is 0 Å². The van der Waals surface area contributed by atoms with E-state index in [0.717, 1.165) is 15.6 Å². The summed E-state index contributed by atoms with van der Waals surface area (Å²) in [5, 5.41) is 6.50. The van der Waals surface area contributed by atoms with Gasteiger partial charge in [0.05, 0.1) is 13.2 Å². The van der Waals surface area contributed by atoms with Crippen LogP contribution in [-0.2, 0) is 6.54 Å². The molecule has 136 valence electrons. The van der Waals surface area contributed by atoms with Crippen LogP contribution in [0.25, 0.3) is 0 Å². The number of hydrogen-bond donors (Lipinski definition) is 2. The summed E-state index contributed by atoms with van der Waals surface area (Å²) in [6.45, 7) is 2.60. The summed E-state index contributed by atoms with van der Waals surface area (Å²) in [6, 6.07) is 12.9. The average Bonchev–Trinajstić information content (AvgIpc) is 2.59.